The Bertz CT molecular complexity index is 654. The van der Waals surface area contributed by atoms with Crippen molar-refractivity contribution in [2.75, 3.05) is 26.2 Å². The summed E-state index contributed by atoms with van der Waals surface area (Å²) >= 11 is 0. The molecule has 2 N–H and O–H groups in total. The fraction of sp³-hybridized carbons (Fsp3) is 0.409. The number of amides is 1. The van der Waals surface area contributed by atoms with E-state index in [-0.39, 0.29) is 23.9 Å². The molecule has 3 rings (SSSR count). The molecular weight excluding hydrogens is 322 g/mol. The molecule has 1 aliphatic rings. The van der Waals surface area contributed by atoms with E-state index in [4.69, 9.17) is 5.73 Å². The Morgan fingerprint density at radius 2 is 1.31 bits per heavy atom. The summed E-state index contributed by atoms with van der Waals surface area (Å²) in [6.07, 6.45) is 0. The van der Waals surface area contributed by atoms with Crippen LogP contribution in [0.4, 0.5) is 0 Å². The molecular formula is C22H29N3O. The topological polar surface area (TPSA) is 49.6 Å². The van der Waals surface area contributed by atoms with Crippen LogP contribution in [-0.2, 0) is 4.79 Å². The molecule has 0 radical (unpaired) electrons. The molecule has 0 bridgehead atoms. The smallest absolute Gasteiger partial charge is 0.227 e. The van der Waals surface area contributed by atoms with Gasteiger partial charge in [-0.15, -0.1) is 0 Å². The minimum absolute atomic E-state index is 0.109. The van der Waals surface area contributed by atoms with Gasteiger partial charge in [-0.1, -0.05) is 67.6 Å². The van der Waals surface area contributed by atoms with Crippen LogP contribution in [0.2, 0.25) is 0 Å². The van der Waals surface area contributed by atoms with Gasteiger partial charge < -0.3 is 10.6 Å². The zero-order valence-corrected chi connectivity index (χ0v) is 15.7. The van der Waals surface area contributed by atoms with Crippen molar-refractivity contribution in [2.45, 2.75) is 25.9 Å². The Hall–Kier alpha value is -2.17. The lowest BCUT2D eigenvalue weighted by Crippen LogP contribution is -2.52. The molecule has 4 nitrogen and oxygen atoms in total. The molecule has 2 aromatic carbocycles. The summed E-state index contributed by atoms with van der Waals surface area (Å²) in [7, 11) is 0. The van der Waals surface area contributed by atoms with Gasteiger partial charge in [0.2, 0.25) is 5.91 Å². The van der Waals surface area contributed by atoms with Crippen LogP contribution < -0.4 is 5.73 Å². The van der Waals surface area contributed by atoms with Crippen molar-refractivity contribution >= 4 is 5.91 Å². The van der Waals surface area contributed by atoms with Crippen LogP contribution in [0.15, 0.2) is 60.7 Å². The first-order chi connectivity index (χ1) is 12.6. The molecule has 0 aromatic heterocycles. The van der Waals surface area contributed by atoms with Gasteiger partial charge in [0.05, 0.1) is 12.0 Å². The van der Waals surface area contributed by atoms with Gasteiger partial charge in [0, 0.05) is 32.2 Å². The predicted molar refractivity (Wildman–Crippen MR) is 106 cm³/mol. The van der Waals surface area contributed by atoms with Gasteiger partial charge in [-0.3, -0.25) is 9.69 Å². The van der Waals surface area contributed by atoms with Gasteiger partial charge in [-0.2, -0.15) is 0 Å². The van der Waals surface area contributed by atoms with Gasteiger partial charge in [-0.05, 0) is 18.1 Å². The molecule has 1 saturated heterocycles. The number of piperazine rings is 1. The number of nitrogens with two attached hydrogens (primary N) is 1. The summed E-state index contributed by atoms with van der Waals surface area (Å²) in [5, 5.41) is 0. The molecule has 1 aliphatic heterocycles. The van der Waals surface area contributed by atoms with E-state index >= 15 is 0 Å². The van der Waals surface area contributed by atoms with Crippen molar-refractivity contribution in [1.82, 2.24) is 9.80 Å². The Labute approximate surface area is 156 Å². The van der Waals surface area contributed by atoms with Gasteiger partial charge in [-0.25, -0.2) is 0 Å². The maximum absolute atomic E-state index is 12.6. The highest BCUT2D eigenvalue weighted by molar-refractivity contribution is 5.79. The first-order valence-corrected chi connectivity index (χ1v) is 9.46. The van der Waals surface area contributed by atoms with Crippen LogP contribution in [0, 0.1) is 5.92 Å². The number of nitrogens with zero attached hydrogens (tertiary/aromatic N) is 2. The third-order valence-corrected chi connectivity index (χ3v) is 5.40. The monoisotopic (exact) mass is 351 g/mol. The highest BCUT2D eigenvalue weighted by Crippen LogP contribution is 2.29. The highest BCUT2D eigenvalue weighted by Gasteiger charge is 2.30. The molecule has 4 heteroatoms. The highest BCUT2D eigenvalue weighted by atomic mass is 16.2. The van der Waals surface area contributed by atoms with Crippen molar-refractivity contribution in [3.05, 3.63) is 71.8 Å². The number of rotatable bonds is 5. The molecule has 2 atom stereocenters. The maximum Gasteiger partial charge on any atom is 0.227 e. The molecule has 138 valence electrons. The quantitative estimate of drug-likeness (QED) is 0.901. The number of benzene rings is 2. The molecule has 2 unspecified atom stereocenters. The zero-order chi connectivity index (χ0) is 18.5. The average molecular weight is 351 g/mol. The summed E-state index contributed by atoms with van der Waals surface area (Å²) in [6, 6.07) is 21.3. The van der Waals surface area contributed by atoms with E-state index in [0.717, 1.165) is 26.2 Å². The summed E-state index contributed by atoms with van der Waals surface area (Å²) in [6.45, 7) is 7.08. The van der Waals surface area contributed by atoms with Gasteiger partial charge in [0.15, 0.2) is 0 Å². The normalized spacial score (nSPS) is 17.9. The lowest BCUT2D eigenvalue weighted by Gasteiger charge is -2.40. The molecule has 2 aromatic rings. The Kier molecular flexibility index (Phi) is 6.07. The first-order valence-electron chi connectivity index (χ1n) is 9.46. The van der Waals surface area contributed by atoms with Crippen LogP contribution in [0.5, 0.6) is 0 Å². The zero-order valence-electron chi connectivity index (χ0n) is 15.7. The lowest BCUT2D eigenvalue weighted by molar-refractivity contribution is -0.137. The Morgan fingerprint density at radius 3 is 1.73 bits per heavy atom. The second-order valence-electron chi connectivity index (χ2n) is 7.23. The van der Waals surface area contributed by atoms with E-state index in [1.807, 2.05) is 18.7 Å². The van der Waals surface area contributed by atoms with Gasteiger partial charge in [0.25, 0.3) is 0 Å². The van der Waals surface area contributed by atoms with E-state index in [9.17, 15) is 4.79 Å². The van der Waals surface area contributed by atoms with E-state index in [1.165, 1.54) is 11.1 Å². The van der Waals surface area contributed by atoms with Crippen molar-refractivity contribution in [3.63, 3.8) is 0 Å². The molecule has 26 heavy (non-hydrogen) atoms. The van der Waals surface area contributed by atoms with E-state index < -0.39 is 0 Å². The average Bonchev–Trinajstić information content (AvgIpc) is 2.69. The summed E-state index contributed by atoms with van der Waals surface area (Å²) in [5.74, 6) is 0.0521. The van der Waals surface area contributed by atoms with Crippen LogP contribution in [0.3, 0.4) is 0 Å². The third-order valence-electron chi connectivity index (χ3n) is 5.40. The summed E-state index contributed by atoms with van der Waals surface area (Å²) in [5.41, 5.74) is 8.50. The minimum Gasteiger partial charge on any atom is -0.340 e. The molecule has 1 fully saturated rings. The molecule has 0 saturated carbocycles. The number of hydrogen-bond acceptors (Lipinski definition) is 3. The first kappa shape index (κ1) is 18.6. The summed E-state index contributed by atoms with van der Waals surface area (Å²) in [4.78, 5) is 17.0. The van der Waals surface area contributed by atoms with E-state index in [0.29, 0.717) is 0 Å². The van der Waals surface area contributed by atoms with Gasteiger partial charge >= 0.3 is 0 Å². The van der Waals surface area contributed by atoms with Crippen LogP contribution >= 0.6 is 0 Å². The minimum atomic E-state index is -0.124. The van der Waals surface area contributed by atoms with Crippen LogP contribution in [0.25, 0.3) is 0 Å². The standard InChI is InChI=1S/C22H29N3O/c1-17(18(2)23)22(26)25-15-13-24(14-16-25)21(19-9-5-3-6-10-19)20-11-7-4-8-12-20/h3-12,17-18,21H,13-16,23H2,1-2H3. The summed E-state index contributed by atoms with van der Waals surface area (Å²) < 4.78 is 0. The van der Waals surface area contributed by atoms with Crippen molar-refractivity contribution in [2.24, 2.45) is 11.7 Å². The van der Waals surface area contributed by atoms with Crippen LogP contribution in [-0.4, -0.2) is 47.9 Å². The number of carbonyl (C=O) groups excluding carboxylic acids is 1. The van der Waals surface area contributed by atoms with E-state index in [1.54, 1.807) is 0 Å². The maximum atomic E-state index is 12.6. The van der Waals surface area contributed by atoms with Gasteiger partial charge in [0.1, 0.15) is 0 Å². The molecule has 0 aliphatic carbocycles. The molecule has 1 heterocycles. The predicted octanol–water partition coefficient (Wildman–Crippen LogP) is 2.90. The fourth-order valence-corrected chi connectivity index (χ4v) is 3.60. The molecule has 1 amide bonds. The molecule has 0 spiro atoms. The Balaban J connectivity index is 1.75. The largest absolute Gasteiger partial charge is 0.340 e. The van der Waals surface area contributed by atoms with Crippen molar-refractivity contribution in [3.8, 4) is 0 Å². The number of hydrogen-bond donors (Lipinski definition) is 1. The second kappa shape index (κ2) is 8.47. The van der Waals surface area contributed by atoms with Crippen LogP contribution in [0.1, 0.15) is 31.0 Å². The fourth-order valence-electron chi connectivity index (χ4n) is 3.60. The Morgan fingerprint density at radius 1 is 0.846 bits per heavy atom. The van der Waals surface area contributed by atoms with E-state index in [2.05, 4.69) is 65.6 Å². The van der Waals surface area contributed by atoms with Crippen molar-refractivity contribution in [1.29, 1.82) is 0 Å². The second-order valence-corrected chi connectivity index (χ2v) is 7.23. The van der Waals surface area contributed by atoms with Crippen molar-refractivity contribution < 1.29 is 4.79 Å². The number of carbonyl (C=O) groups is 1. The SMILES string of the molecule is CC(N)C(C)C(=O)N1CCN(C(c2ccccc2)c2ccccc2)CC1. The third kappa shape index (κ3) is 4.14. The lowest BCUT2D eigenvalue weighted by atomic mass is 9.96.